The minimum absolute atomic E-state index is 0.403. The van der Waals surface area contributed by atoms with Crippen LogP contribution in [0, 0.1) is 0 Å². The van der Waals surface area contributed by atoms with Crippen LogP contribution >= 0.6 is 7.92 Å². The summed E-state index contributed by atoms with van der Waals surface area (Å²) >= 11 is 0. The minimum atomic E-state index is -0.806. The first-order valence-electron chi connectivity index (χ1n) is 5.36. The van der Waals surface area contributed by atoms with Gasteiger partial charge in [0.05, 0.1) is 16.1 Å². The van der Waals surface area contributed by atoms with Crippen molar-refractivity contribution in [1.82, 2.24) is 0 Å². The fourth-order valence-corrected chi connectivity index (χ4v) is 17.5. The molecule has 78 valence electrons. The van der Waals surface area contributed by atoms with E-state index in [1.807, 2.05) is 0 Å². The monoisotopic (exact) mass is 232 g/mol. The Bertz CT molecular complexity index is 170. The van der Waals surface area contributed by atoms with Gasteiger partial charge >= 0.3 is 0 Å². The van der Waals surface area contributed by atoms with E-state index in [1.54, 1.807) is 6.42 Å². The van der Waals surface area contributed by atoms with Crippen molar-refractivity contribution in [3.8, 4) is 0 Å². The molecule has 0 spiro atoms. The maximum absolute atomic E-state index is 2.57. The van der Waals surface area contributed by atoms with Crippen molar-refractivity contribution < 1.29 is 0 Å². The maximum atomic E-state index is 2.57. The molecular formula is C10H25PSi2. The lowest BCUT2D eigenvalue weighted by Gasteiger charge is -2.54. The van der Waals surface area contributed by atoms with E-state index < -0.39 is 16.1 Å². The molecule has 0 aliphatic carbocycles. The summed E-state index contributed by atoms with van der Waals surface area (Å²) in [6.07, 6.45) is 1.59. The Labute approximate surface area is 87.3 Å². The second-order valence-electron chi connectivity index (χ2n) is 6.66. The van der Waals surface area contributed by atoms with Crippen LogP contribution in [-0.2, 0) is 0 Å². The molecule has 1 saturated heterocycles. The molecule has 0 amide bonds. The third-order valence-corrected chi connectivity index (χ3v) is 17.4. The summed E-state index contributed by atoms with van der Waals surface area (Å²) in [6.45, 7) is 17.9. The van der Waals surface area contributed by atoms with Crippen LogP contribution in [0.15, 0.2) is 0 Å². The predicted octanol–water partition coefficient (Wildman–Crippen LogP) is 3.99. The Hall–Kier alpha value is 0.864. The van der Waals surface area contributed by atoms with Crippen LogP contribution in [0.4, 0.5) is 0 Å². The molecule has 0 saturated carbocycles. The predicted molar refractivity (Wildman–Crippen MR) is 71.7 cm³/mol. The third kappa shape index (κ3) is 2.46. The van der Waals surface area contributed by atoms with Crippen molar-refractivity contribution in [2.24, 2.45) is 0 Å². The standard InChI is InChI=1S/C10H25PSi2/c1-11-9(12(2,3)4)8-10(11)13(5,6)7/h9-10H,8H2,1-7H3. The van der Waals surface area contributed by atoms with E-state index in [2.05, 4.69) is 45.9 Å². The molecule has 2 atom stereocenters. The number of rotatable bonds is 2. The summed E-state index contributed by atoms with van der Waals surface area (Å²) in [7, 11) is -1.21. The summed E-state index contributed by atoms with van der Waals surface area (Å²) in [5, 5.41) is 2.36. The zero-order valence-electron chi connectivity index (χ0n) is 10.3. The summed E-state index contributed by atoms with van der Waals surface area (Å²) in [5.74, 6) is 0. The molecule has 1 heterocycles. The minimum Gasteiger partial charge on any atom is -0.109 e. The average molecular weight is 232 g/mol. The van der Waals surface area contributed by atoms with Crippen LogP contribution in [0.3, 0.4) is 0 Å². The Morgan fingerprint density at radius 3 is 1.31 bits per heavy atom. The highest BCUT2D eigenvalue weighted by Gasteiger charge is 2.49. The summed E-state index contributed by atoms with van der Waals surface area (Å²) < 4.78 is 0. The van der Waals surface area contributed by atoms with Crippen molar-refractivity contribution in [1.29, 1.82) is 0 Å². The normalized spacial score (nSPS) is 35.8. The second kappa shape index (κ2) is 3.46. The first kappa shape index (κ1) is 11.9. The van der Waals surface area contributed by atoms with Gasteiger partial charge in [-0.05, 0) is 23.7 Å². The number of hydrogen-bond acceptors (Lipinski definition) is 0. The van der Waals surface area contributed by atoms with Gasteiger partial charge in [-0.1, -0.05) is 39.3 Å². The van der Waals surface area contributed by atoms with Crippen molar-refractivity contribution in [3.63, 3.8) is 0 Å². The van der Waals surface area contributed by atoms with Gasteiger partial charge in [-0.15, -0.1) is 7.92 Å². The molecular weight excluding hydrogens is 207 g/mol. The van der Waals surface area contributed by atoms with Crippen LogP contribution < -0.4 is 0 Å². The van der Waals surface area contributed by atoms with E-state index in [0.29, 0.717) is 7.92 Å². The maximum Gasteiger partial charge on any atom is 0.0519 e. The summed E-state index contributed by atoms with van der Waals surface area (Å²) in [5.41, 5.74) is 0. The topological polar surface area (TPSA) is 0 Å². The Morgan fingerprint density at radius 1 is 0.846 bits per heavy atom. The second-order valence-corrected chi connectivity index (χ2v) is 21.1. The molecule has 0 N–H and O–H groups in total. The van der Waals surface area contributed by atoms with Gasteiger partial charge in [0.25, 0.3) is 0 Å². The molecule has 0 aromatic heterocycles. The lowest BCUT2D eigenvalue weighted by Crippen LogP contribution is -2.54. The summed E-state index contributed by atoms with van der Waals surface area (Å²) in [4.78, 5) is 0. The van der Waals surface area contributed by atoms with Crippen LogP contribution in [-0.4, -0.2) is 33.4 Å². The largest absolute Gasteiger partial charge is 0.109 e. The van der Waals surface area contributed by atoms with Crippen LogP contribution in [0.1, 0.15) is 6.42 Å². The molecule has 2 unspecified atom stereocenters. The fraction of sp³-hybridized carbons (Fsp3) is 1.00. The molecule has 1 rings (SSSR count). The SMILES string of the molecule is CP1C([Si](C)(C)C)CC1[Si](C)(C)C. The van der Waals surface area contributed by atoms with Crippen molar-refractivity contribution in [3.05, 3.63) is 0 Å². The Kier molecular flexibility index (Phi) is 3.18. The van der Waals surface area contributed by atoms with Crippen molar-refractivity contribution in [2.45, 2.75) is 56.3 Å². The highest BCUT2D eigenvalue weighted by atomic mass is 31.1. The molecule has 1 aliphatic rings. The van der Waals surface area contributed by atoms with E-state index in [0.717, 1.165) is 0 Å². The van der Waals surface area contributed by atoms with Crippen molar-refractivity contribution >= 4 is 24.1 Å². The Balaban J connectivity index is 2.58. The van der Waals surface area contributed by atoms with Gasteiger partial charge in [-0.2, -0.15) is 0 Å². The third-order valence-electron chi connectivity index (χ3n) is 3.43. The van der Waals surface area contributed by atoms with Gasteiger partial charge in [0.1, 0.15) is 0 Å². The van der Waals surface area contributed by atoms with E-state index in [4.69, 9.17) is 0 Å². The lowest BCUT2D eigenvalue weighted by atomic mass is 10.5. The number of hydrogen-bond donors (Lipinski definition) is 0. The Morgan fingerprint density at radius 2 is 1.15 bits per heavy atom. The average Bonchev–Trinajstić information content (AvgIpc) is 1.77. The zero-order valence-corrected chi connectivity index (χ0v) is 13.2. The van der Waals surface area contributed by atoms with Crippen LogP contribution in [0.2, 0.25) is 39.3 Å². The molecule has 0 aromatic rings. The fourth-order valence-electron chi connectivity index (χ4n) is 2.55. The molecule has 13 heavy (non-hydrogen) atoms. The van der Waals surface area contributed by atoms with Crippen LogP contribution in [0.5, 0.6) is 0 Å². The van der Waals surface area contributed by atoms with Crippen LogP contribution in [0.25, 0.3) is 0 Å². The highest BCUT2D eigenvalue weighted by Crippen LogP contribution is 2.62. The first-order valence-corrected chi connectivity index (χ1v) is 14.4. The van der Waals surface area contributed by atoms with Gasteiger partial charge in [-0.3, -0.25) is 0 Å². The van der Waals surface area contributed by atoms with Gasteiger partial charge < -0.3 is 0 Å². The molecule has 0 aromatic carbocycles. The quantitative estimate of drug-likeness (QED) is 0.499. The smallest absolute Gasteiger partial charge is 0.0519 e. The lowest BCUT2D eigenvalue weighted by molar-refractivity contribution is 0.854. The zero-order chi connectivity index (χ0) is 10.4. The molecule has 0 radical (unpaired) electrons. The molecule has 3 heteroatoms. The van der Waals surface area contributed by atoms with Crippen molar-refractivity contribution in [2.75, 3.05) is 6.66 Å². The molecule has 0 nitrogen and oxygen atoms in total. The van der Waals surface area contributed by atoms with E-state index in [9.17, 15) is 0 Å². The first-order chi connectivity index (χ1) is 5.64. The van der Waals surface area contributed by atoms with Gasteiger partial charge in [0.2, 0.25) is 0 Å². The van der Waals surface area contributed by atoms with Gasteiger partial charge in [-0.25, -0.2) is 0 Å². The highest BCUT2D eigenvalue weighted by molar-refractivity contribution is 7.66. The van der Waals surface area contributed by atoms with Gasteiger partial charge in [0, 0.05) is 0 Å². The molecule has 0 bridgehead atoms. The van der Waals surface area contributed by atoms with Gasteiger partial charge in [0.15, 0.2) is 0 Å². The van der Waals surface area contributed by atoms with E-state index >= 15 is 0 Å². The summed E-state index contributed by atoms with van der Waals surface area (Å²) in [6, 6.07) is 0. The van der Waals surface area contributed by atoms with E-state index in [1.165, 1.54) is 10.6 Å². The van der Waals surface area contributed by atoms with E-state index in [-0.39, 0.29) is 0 Å². The molecule has 1 aliphatic heterocycles. The molecule has 1 fully saturated rings.